The molecule has 1 aromatic carbocycles. The lowest BCUT2D eigenvalue weighted by Gasteiger charge is -2.31. The molecule has 1 atom stereocenters. The molecule has 1 unspecified atom stereocenters. The molecule has 2 heterocycles. The van der Waals surface area contributed by atoms with Crippen LogP contribution >= 0.6 is 0 Å². The van der Waals surface area contributed by atoms with E-state index in [4.69, 9.17) is 13.9 Å². The van der Waals surface area contributed by atoms with E-state index in [2.05, 4.69) is 4.98 Å². The third-order valence-electron chi connectivity index (χ3n) is 4.08. The summed E-state index contributed by atoms with van der Waals surface area (Å²) < 4.78 is 16.5. The number of carbonyl (C=O) groups excluding carboxylic acids is 1. The molecule has 0 radical (unpaired) electrons. The SMILES string of the molecule is CN(CC1OCCc2c(-c3cocn3)cccc21)C(=O)OC(C)(C)C. The second-order valence-corrected chi connectivity index (χ2v) is 7.22. The molecule has 3 rings (SSSR count). The van der Waals surface area contributed by atoms with Crippen LogP contribution in [0, 0.1) is 0 Å². The van der Waals surface area contributed by atoms with Crippen molar-refractivity contribution >= 4 is 6.09 Å². The van der Waals surface area contributed by atoms with Gasteiger partial charge in [0.2, 0.25) is 0 Å². The first kappa shape index (κ1) is 17.5. The van der Waals surface area contributed by atoms with Crippen molar-refractivity contribution in [3.05, 3.63) is 42.0 Å². The van der Waals surface area contributed by atoms with E-state index >= 15 is 0 Å². The molecular weight excluding hydrogens is 320 g/mol. The summed E-state index contributed by atoms with van der Waals surface area (Å²) in [5.41, 5.74) is 3.64. The Morgan fingerprint density at radius 1 is 1.40 bits per heavy atom. The Labute approximate surface area is 147 Å². The van der Waals surface area contributed by atoms with E-state index in [1.807, 2.05) is 39.0 Å². The summed E-state index contributed by atoms with van der Waals surface area (Å²) in [5.74, 6) is 0. The predicted octanol–water partition coefficient (Wildman–Crippen LogP) is 3.82. The zero-order chi connectivity index (χ0) is 18.0. The Morgan fingerprint density at radius 2 is 2.20 bits per heavy atom. The third-order valence-corrected chi connectivity index (χ3v) is 4.08. The van der Waals surface area contributed by atoms with Gasteiger partial charge in [0.05, 0.1) is 13.2 Å². The first-order chi connectivity index (χ1) is 11.8. The molecule has 6 nitrogen and oxygen atoms in total. The molecule has 0 spiro atoms. The van der Waals surface area contributed by atoms with Gasteiger partial charge in [-0.25, -0.2) is 9.78 Å². The van der Waals surface area contributed by atoms with Crippen LogP contribution in [0.2, 0.25) is 0 Å². The summed E-state index contributed by atoms with van der Waals surface area (Å²) in [7, 11) is 1.73. The number of rotatable bonds is 3. The van der Waals surface area contributed by atoms with Gasteiger partial charge in [-0.1, -0.05) is 18.2 Å². The van der Waals surface area contributed by atoms with Gasteiger partial charge in [0.1, 0.15) is 23.7 Å². The van der Waals surface area contributed by atoms with Crippen molar-refractivity contribution < 1.29 is 18.7 Å². The van der Waals surface area contributed by atoms with Gasteiger partial charge in [-0.15, -0.1) is 0 Å². The van der Waals surface area contributed by atoms with Gasteiger partial charge in [-0.05, 0) is 38.3 Å². The molecule has 0 saturated heterocycles. The fourth-order valence-electron chi connectivity index (χ4n) is 2.98. The number of oxazole rings is 1. The van der Waals surface area contributed by atoms with Gasteiger partial charge in [0.15, 0.2) is 6.39 Å². The van der Waals surface area contributed by atoms with Gasteiger partial charge in [0.25, 0.3) is 0 Å². The Balaban J connectivity index is 1.80. The zero-order valence-electron chi connectivity index (χ0n) is 15.1. The minimum absolute atomic E-state index is 0.187. The van der Waals surface area contributed by atoms with Crippen molar-refractivity contribution in [2.24, 2.45) is 0 Å². The van der Waals surface area contributed by atoms with Crippen LogP contribution in [0.15, 0.2) is 35.3 Å². The van der Waals surface area contributed by atoms with Gasteiger partial charge < -0.3 is 18.8 Å². The van der Waals surface area contributed by atoms with E-state index in [1.165, 1.54) is 12.0 Å². The van der Waals surface area contributed by atoms with E-state index < -0.39 is 5.60 Å². The number of hydrogen-bond acceptors (Lipinski definition) is 5. The maximum Gasteiger partial charge on any atom is 0.410 e. The summed E-state index contributed by atoms with van der Waals surface area (Å²) in [4.78, 5) is 18.0. The molecule has 0 bridgehead atoms. The van der Waals surface area contributed by atoms with Crippen molar-refractivity contribution in [2.75, 3.05) is 20.2 Å². The van der Waals surface area contributed by atoms with Crippen LogP contribution in [0.25, 0.3) is 11.3 Å². The molecule has 0 aliphatic carbocycles. The lowest BCUT2D eigenvalue weighted by Crippen LogP contribution is -2.38. The Kier molecular flexibility index (Phi) is 4.81. The summed E-state index contributed by atoms with van der Waals surface area (Å²) in [5, 5.41) is 0. The first-order valence-electron chi connectivity index (χ1n) is 8.41. The highest BCUT2D eigenvalue weighted by Crippen LogP contribution is 2.34. The average Bonchev–Trinajstić information content (AvgIpc) is 3.07. The topological polar surface area (TPSA) is 64.8 Å². The second-order valence-electron chi connectivity index (χ2n) is 7.22. The molecule has 1 amide bonds. The fraction of sp³-hybridized carbons (Fsp3) is 0.474. The molecule has 0 saturated carbocycles. The van der Waals surface area contributed by atoms with Gasteiger partial charge >= 0.3 is 6.09 Å². The molecule has 0 N–H and O–H groups in total. The molecule has 25 heavy (non-hydrogen) atoms. The largest absolute Gasteiger partial charge is 0.451 e. The predicted molar refractivity (Wildman–Crippen MR) is 93.2 cm³/mol. The van der Waals surface area contributed by atoms with Crippen LogP contribution in [0.4, 0.5) is 4.79 Å². The Bertz CT molecular complexity index is 734. The van der Waals surface area contributed by atoms with Crippen LogP contribution in [0.1, 0.15) is 38.0 Å². The maximum atomic E-state index is 12.2. The molecule has 134 valence electrons. The summed E-state index contributed by atoms with van der Waals surface area (Å²) >= 11 is 0. The van der Waals surface area contributed by atoms with E-state index in [-0.39, 0.29) is 12.2 Å². The molecule has 1 aliphatic heterocycles. The smallest absolute Gasteiger partial charge is 0.410 e. The molecule has 6 heteroatoms. The molecule has 1 aliphatic rings. The van der Waals surface area contributed by atoms with Crippen LogP contribution in [0.3, 0.4) is 0 Å². The highest BCUT2D eigenvalue weighted by Gasteiger charge is 2.28. The van der Waals surface area contributed by atoms with Gasteiger partial charge in [-0.2, -0.15) is 0 Å². The van der Waals surface area contributed by atoms with Crippen LogP contribution < -0.4 is 0 Å². The number of hydrogen-bond donors (Lipinski definition) is 0. The van der Waals surface area contributed by atoms with Gasteiger partial charge in [0, 0.05) is 12.6 Å². The number of nitrogens with zero attached hydrogens (tertiary/aromatic N) is 2. The molecular formula is C19H24N2O4. The van der Waals surface area contributed by atoms with Crippen molar-refractivity contribution in [2.45, 2.75) is 38.9 Å². The zero-order valence-corrected chi connectivity index (χ0v) is 15.1. The minimum atomic E-state index is -0.517. The van der Waals surface area contributed by atoms with Crippen molar-refractivity contribution in [3.8, 4) is 11.3 Å². The number of carbonyl (C=O) groups is 1. The summed E-state index contributed by atoms with van der Waals surface area (Å²) in [6.07, 6.45) is 3.35. The third kappa shape index (κ3) is 4.02. The quantitative estimate of drug-likeness (QED) is 0.847. The standard InChI is InChI=1S/C19H24N2O4/c1-19(2,3)25-18(22)21(4)10-17-15-7-5-6-14(13(15)8-9-24-17)16-11-23-12-20-16/h5-7,11-12,17H,8-10H2,1-4H3. The van der Waals surface area contributed by atoms with Crippen molar-refractivity contribution in [1.29, 1.82) is 0 Å². The molecule has 1 aromatic heterocycles. The van der Waals surface area contributed by atoms with E-state index in [1.54, 1.807) is 18.2 Å². The van der Waals surface area contributed by atoms with E-state index in [0.717, 1.165) is 23.2 Å². The Hall–Kier alpha value is -2.34. The number of ether oxygens (including phenoxy) is 2. The normalized spacial score (nSPS) is 17.0. The first-order valence-corrected chi connectivity index (χ1v) is 8.41. The van der Waals surface area contributed by atoms with E-state index in [0.29, 0.717) is 13.2 Å². The second kappa shape index (κ2) is 6.88. The lowest BCUT2D eigenvalue weighted by molar-refractivity contribution is -0.00157. The van der Waals surface area contributed by atoms with Crippen LogP contribution in [-0.2, 0) is 15.9 Å². The monoisotopic (exact) mass is 344 g/mol. The molecule has 0 fully saturated rings. The molecule has 2 aromatic rings. The average molecular weight is 344 g/mol. The van der Waals surface area contributed by atoms with Crippen molar-refractivity contribution in [3.63, 3.8) is 0 Å². The Morgan fingerprint density at radius 3 is 2.88 bits per heavy atom. The summed E-state index contributed by atoms with van der Waals surface area (Å²) in [6, 6.07) is 6.07. The number of likely N-dealkylation sites (N-methyl/N-ethyl adjacent to an activating group) is 1. The summed E-state index contributed by atoms with van der Waals surface area (Å²) in [6.45, 7) is 6.61. The number of benzene rings is 1. The number of aromatic nitrogens is 1. The van der Waals surface area contributed by atoms with Crippen LogP contribution in [-0.4, -0.2) is 41.8 Å². The van der Waals surface area contributed by atoms with Gasteiger partial charge in [-0.3, -0.25) is 0 Å². The minimum Gasteiger partial charge on any atom is -0.451 e. The highest BCUT2D eigenvalue weighted by molar-refractivity contribution is 5.68. The maximum absolute atomic E-state index is 12.2. The number of fused-ring (bicyclic) bond motifs is 1. The fourth-order valence-corrected chi connectivity index (χ4v) is 2.98. The van der Waals surface area contributed by atoms with Crippen LogP contribution in [0.5, 0.6) is 0 Å². The lowest BCUT2D eigenvalue weighted by atomic mass is 9.91. The highest BCUT2D eigenvalue weighted by atomic mass is 16.6. The van der Waals surface area contributed by atoms with E-state index in [9.17, 15) is 4.79 Å². The number of amides is 1. The van der Waals surface area contributed by atoms with Crippen molar-refractivity contribution in [1.82, 2.24) is 9.88 Å².